The Morgan fingerprint density at radius 2 is 2.00 bits per heavy atom. The molecule has 0 amide bonds. The van der Waals surface area contributed by atoms with Gasteiger partial charge in [-0.25, -0.2) is 4.39 Å². The van der Waals surface area contributed by atoms with Gasteiger partial charge in [0.25, 0.3) is 0 Å². The number of hydrogen-bond donors (Lipinski definition) is 1. The molecule has 0 aliphatic heterocycles. The molecule has 94 valence electrons. The average molecular weight is 246 g/mol. The lowest BCUT2D eigenvalue weighted by atomic mass is 10.2. The van der Waals surface area contributed by atoms with Crippen LogP contribution in [0.5, 0.6) is 5.75 Å². The molecule has 2 aromatic rings. The van der Waals surface area contributed by atoms with Gasteiger partial charge in [-0.15, -0.1) is 0 Å². The maximum absolute atomic E-state index is 13.1. The fraction of sp³-hybridized carbons (Fsp3) is 0.214. The number of aryl methyl sites for hydroxylation is 1. The summed E-state index contributed by atoms with van der Waals surface area (Å²) in [5, 5.41) is 0. The van der Waals surface area contributed by atoms with E-state index in [0.29, 0.717) is 24.5 Å². The summed E-state index contributed by atoms with van der Waals surface area (Å²) in [6.07, 6.45) is 0. The van der Waals surface area contributed by atoms with Crippen molar-refractivity contribution in [2.75, 3.05) is 0 Å². The van der Waals surface area contributed by atoms with Crippen molar-refractivity contribution in [1.82, 2.24) is 4.98 Å². The molecule has 0 saturated heterocycles. The number of rotatable bonds is 4. The van der Waals surface area contributed by atoms with E-state index in [1.165, 1.54) is 6.07 Å². The van der Waals surface area contributed by atoms with Crippen molar-refractivity contribution in [2.45, 2.75) is 20.1 Å². The van der Waals surface area contributed by atoms with Crippen LogP contribution in [0.2, 0.25) is 0 Å². The minimum absolute atomic E-state index is 0.231. The quantitative estimate of drug-likeness (QED) is 0.902. The molecule has 0 bridgehead atoms. The molecule has 0 spiro atoms. The Bertz CT molecular complexity index is 543. The van der Waals surface area contributed by atoms with Crippen molar-refractivity contribution in [3.8, 4) is 5.75 Å². The minimum Gasteiger partial charge on any atom is -0.487 e. The fourth-order valence-corrected chi connectivity index (χ4v) is 1.59. The molecule has 0 radical (unpaired) electrons. The van der Waals surface area contributed by atoms with Crippen LogP contribution < -0.4 is 10.5 Å². The molecule has 18 heavy (non-hydrogen) atoms. The number of nitrogens with zero attached hydrogens (tertiary/aromatic N) is 1. The maximum atomic E-state index is 13.1. The first-order chi connectivity index (χ1) is 8.69. The summed E-state index contributed by atoms with van der Waals surface area (Å²) in [4.78, 5) is 4.32. The van der Waals surface area contributed by atoms with Crippen molar-refractivity contribution in [3.05, 3.63) is 59.2 Å². The zero-order chi connectivity index (χ0) is 13.0. The molecule has 0 aliphatic carbocycles. The van der Waals surface area contributed by atoms with Gasteiger partial charge in [-0.3, -0.25) is 4.98 Å². The van der Waals surface area contributed by atoms with Gasteiger partial charge in [-0.1, -0.05) is 6.07 Å². The lowest BCUT2D eigenvalue weighted by Crippen LogP contribution is -2.04. The van der Waals surface area contributed by atoms with Crippen LogP contribution >= 0.6 is 0 Å². The van der Waals surface area contributed by atoms with E-state index in [4.69, 9.17) is 10.5 Å². The third-order valence-corrected chi connectivity index (χ3v) is 2.59. The summed E-state index contributed by atoms with van der Waals surface area (Å²) in [6, 6.07) is 10.3. The second kappa shape index (κ2) is 5.60. The van der Waals surface area contributed by atoms with Gasteiger partial charge in [0.2, 0.25) is 0 Å². The van der Waals surface area contributed by atoms with Crippen molar-refractivity contribution >= 4 is 0 Å². The van der Waals surface area contributed by atoms with Crippen molar-refractivity contribution in [2.24, 2.45) is 5.73 Å². The average Bonchev–Trinajstić information content (AvgIpc) is 2.40. The van der Waals surface area contributed by atoms with Crippen LogP contribution in [0.3, 0.4) is 0 Å². The molecule has 3 nitrogen and oxygen atoms in total. The Labute approximate surface area is 105 Å². The summed E-state index contributed by atoms with van der Waals surface area (Å²) >= 11 is 0. The highest BCUT2D eigenvalue weighted by Crippen LogP contribution is 2.17. The maximum Gasteiger partial charge on any atom is 0.130 e. The predicted molar refractivity (Wildman–Crippen MR) is 67.6 cm³/mol. The number of halogens is 1. The molecular formula is C14H15FN2O. The van der Waals surface area contributed by atoms with E-state index in [2.05, 4.69) is 4.98 Å². The molecule has 4 heteroatoms. The SMILES string of the molecule is Cc1cc(OCc2cccc(CN)n2)ccc1F. The molecule has 1 aromatic heterocycles. The summed E-state index contributed by atoms with van der Waals surface area (Å²) in [5.74, 6) is 0.402. The van der Waals surface area contributed by atoms with Crippen molar-refractivity contribution in [1.29, 1.82) is 0 Å². The van der Waals surface area contributed by atoms with E-state index in [-0.39, 0.29) is 5.82 Å². The Hall–Kier alpha value is -1.94. The normalized spacial score (nSPS) is 10.4. The summed E-state index contributed by atoms with van der Waals surface area (Å²) in [7, 11) is 0. The largest absolute Gasteiger partial charge is 0.487 e. The van der Waals surface area contributed by atoms with E-state index in [0.717, 1.165) is 11.4 Å². The van der Waals surface area contributed by atoms with Gasteiger partial charge in [0.15, 0.2) is 0 Å². The standard InChI is InChI=1S/C14H15FN2O/c1-10-7-13(5-6-14(10)15)18-9-12-4-2-3-11(8-16)17-12/h2-7H,8-9,16H2,1H3. The lowest BCUT2D eigenvalue weighted by Gasteiger charge is -2.07. The van der Waals surface area contributed by atoms with E-state index < -0.39 is 0 Å². The zero-order valence-corrected chi connectivity index (χ0v) is 10.2. The highest BCUT2D eigenvalue weighted by Gasteiger charge is 2.01. The van der Waals surface area contributed by atoms with Crippen LogP contribution in [0.15, 0.2) is 36.4 Å². The third kappa shape index (κ3) is 3.05. The number of ether oxygens (including phenoxy) is 1. The number of aromatic nitrogens is 1. The fourth-order valence-electron chi connectivity index (χ4n) is 1.59. The molecule has 0 aliphatic rings. The predicted octanol–water partition coefficient (Wildman–Crippen LogP) is 2.57. The second-order valence-corrected chi connectivity index (χ2v) is 4.02. The van der Waals surface area contributed by atoms with Crippen molar-refractivity contribution < 1.29 is 9.13 Å². The van der Waals surface area contributed by atoms with Crippen LogP contribution in [-0.2, 0) is 13.2 Å². The molecule has 1 heterocycles. The van der Waals surface area contributed by atoms with Gasteiger partial charge in [0.05, 0.1) is 11.4 Å². The summed E-state index contributed by atoms with van der Waals surface area (Å²) < 4.78 is 18.6. The molecule has 1 aromatic carbocycles. The molecule has 0 unspecified atom stereocenters. The van der Waals surface area contributed by atoms with Gasteiger partial charge in [-0.05, 0) is 42.8 Å². The van der Waals surface area contributed by atoms with E-state index in [1.807, 2.05) is 18.2 Å². The zero-order valence-electron chi connectivity index (χ0n) is 10.2. The van der Waals surface area contributed by atoms with Gasteiger partial charge < -0.3 is 10.5 Å². The second-order valence-electron chi connectivity index (χ2n) is 4.02. The van der Waals surface area contributed by atoms with Gasteiger partial charge >= 0.3 is 0 Å². The first-order valence-corrected chi connectivity index (χ1v) is 5.73. The first kappa shape index (κ1) is 12.5. The minimum atomic E-state index is -0.231. The molecule has 2 N–H and O–H groups in total. The lowest BCUT2D eigenvalue weighted by molar-refractivity contribution is 0.300. The number of benzene rings is 1. The smallest absolute Gasteiger partial charge is 0.130 e. The van der Waals surface area contributed by atoms with Crippen LogP contribution in [0.1, 0.15) is 17.0 Å². The van der Waals surface area contributed by atoms with Crippen molar-refractivity contribution in [3.63, 3.8) is 0 Å². The topological polar surface area (TPSA) is 48.1 Å². The van der Waals surface area contributed by atoms with Crippen LogP contribution in [-0.4, -0.2) is 4.98 Å². The Balaban J connectivity index is 2.04. The highest BCUT2D eigenvalue weighted by molar-refractivity contribution is 5.29. The Kier molecular flexibility index (Phi) is 3.89. The van der Waals surface area contributed by atoms with E-state index in [1.54, 1.807) is 19.1 Å². The van der Waals surface area contributed by atoms with Gasteiger partial charge in [0.1, 0.15) is 18.2 Å². The van der Waals surface area contributed by atoms with E-state index >= 15 is 0 Å². The number of nitrogens with two attached hydrogens (primary N) is 1. The van der Waals surface area contributed by atoms with Crippen LogP contribution in [0, 0.1) is 12.7 Å². The van der Waals surface area contributed by atoms with Crippen LogP contribution in [0.4, 0.5) is 4.39 Å². The molecule has 0 saturated carbocycles. The Morgan fingerprint density at radius 3 is 2.72 bits per heavy atom. The Morgan fingerprint density at radius 1 is 1.22 bits per heavy atom. The first-order valence-electron chi connectivity index (χ1n) is 5.73. The van der Waals surface area contributed by atoms with Crippen LogP contribution in [0.25, 0.3) is 0 Å². The molecular weight excluding hydrogens is 231 g/mol. The number of hydrogen-bond acceptors (Lipinski definition) is 3. The van der Waals surface area contributed by atoms with Gasteiger partial charge in [0, 0.05) is 6.54 Å². The number of pyridine rings is 1. The van der Waals surface area contributed by atoms with Gasteiger partial charge in [-0.2, -0.15) is 0 Å². The third-order valence-electron chi connectivity index (χ3n) is 2.59. The molecule has 2 rings (SSSR count). The monoisotopic (exact) mass is 246 g/mol. The molecule has 0 atom stereocenters. The summed E-state index contributed by atoms with van der Waals surface area (Å²) in [5.41, 5.74) is 7.71. The highest BCUT2D eigenvalue weighted by atomic mass is 19.1. The summed E-state index contributed by atoms with van der Waals surface area (Å²) in [6.45, 7) is 2.46. The molecule has 0 fully saturated rings. The van der Waals surface area contributed by atoms with E-state index in [9.17, 15) is 4.39 Å².